The van der Waals surface area contributed by atoms with Gasteiger partial charge in [0.1, 0.15) is 6.54 Å². The van der Waals surface area contributed by atoms with Crippen LogP contribution in [-0.2, 0) is 9.59 Å². The van der Waals surface area contributed by atoms with Crippen LogP contribution in [-0.4, -0.2) is 60.5 Å². The summed E-state index contributed by atoms with van der Waals surface area (Å²) >= 11 is 0. The molecule has 0 saturated carbocycles. The number of nitrogens with zero attached hydrogens (tertiary/aromatic N) is 2. The van der Waals surface area contributed by atoms with Crippen molar-refractivity contribution in [1.29, 1.82) is 0 Å². The van der Waals surface area contributed by atoms with Crippen molar-refractivity contribution < 1.29 is 14.7 Å². The zero-order valence-electron chi connectivity index (χ0n) is 9.69. The van der Waals surface area contributed by atoms with Crippen molar-refractivity contribution in [2.45, 2.75) is 19.8 Å². The number of likely N-dealkylation sites (N-methyl/N-ethyl adjacent to an activating group) is 1. The van der Waals surface area contributed by atoms with Crippen molar-refractivity contribution in [3.05, 3.63) is 0 Å². The third kappa shape index (κ3) is 6.90. The molecule has 0 heterocycles. The van der Waals surface area contributed by atoms with Gasteiger partial charge in [-0.3, -0.25) is 9.59 Å². The Morgan fingerprint density at radius 2 is 1.80 bits per heavy atom. The number of carboxylic acids is 1. The standard InChI is InChI=1S/C10H20N2O3/c1-4-5-9(13)12(8-10(14)15)7-6-11(2)3/h4-8H2,1-3H3,(H,14,15). The first-order valence-electron chi connectivity index (χ1n) is 5.11. The maximum atomic E-state index is 11.5. The van der Waals surface area contributed by atoms with Gasteiger partial charge in [-0.2, -0.15) is 0 Å². The van der Waals surface area contributed by atoms with Gasteiger partial charge >= 0.3 is 5.97 Å². The summed E-state index contributed by atoms with van der Waals surface area (Å²) in [6.45, 7) is 2.86. The van der Waals surface area contributed by atoms with Crippen molar-refractivity contribution in [2.75, 3.05) is 33.7 Å². The molecule has 5 heteroatoms. The van der Waals surface area contributed by atoms with Gasteiger partial charge in [0.05, 0.1) is 0 Å². The fraction of sp³-hybridized carbons (Fsp3) is 0.800. The molecule has 0 radical (unpaired) electrons. The summed E-state index contributed by atoms with van der Waals surface area (Å²) in [7, 11) is 3.78. The van der Waals surface area contributed by atoms with E-state index in [-0.39, 0.29) is 12.5 Å². The van der Waals surface area contributed by atoms with Gasteiger partial charge < -0.3 is 14.9 Å². The predicted molar refractivity (Wildman–Crippen MR) is 57.7 cm³/mol. The molecule has 0 spiro atoms. The molecule has 1 N–H and O–H groups in total. The summed E-state index contributed by atoms with van der Waals surface area (Å²) in [5.41, 5.74) is 0. The number of carboxylic acid groups (broad SMARTS) is 1. The van der Waals surface area contributed by atoms with E-state index in [1.807, 2.05) is 25.9 Å². The van der Waals surface area contributed by atoms with Gasteiger partial charge in [0, 0.05) is 19.5 Å². The molecular formula is C10H20N2O3. The van der Waals surface area contributed by atoms with Crippen LogP contribution in [0.15, 0.2) is 0 Å². The molecule has 0 rings (SSSR count). The molecular weight excluding hydrogens is 196 g/mol. The van der Waals surface area contributed by atoms with Crippen LogP contribution in [0.5, 0.6) is 0 Å². The van der Waals surface area contributed by atoms with Crippen LogP contribution in [0.1, 0.15) is 19.8 Å². The number of hydrogen-bond donors (Lipinski definition) is 1. The number of hydrogen-bond acceptors (Lipinski definition) is 3. The lowest BCUT2D eigenvalue weighted by atomic mass is 10.3. The number of amides is 1. The number of carbonyl (C=O) groups is 2. The second-order valence-electron chi connectivity index (χ2n) is 3.76. The Morgan fingerprint density at radius 3 is 2.20 bits per heavy atom. The lowest BCUT2D eigenvalue weighted by Gasteiger charge is -2.22. The van der Waals surface area contributed by atoms with Gasteiger partial charge in [-0.1, -0.05) is 6.92 Å². The SMILES string of the molecule is CCCC(=O)N(CCN(C)C)CC(=O)O. The van der Waals surface area contributed by atoms with Gasteiger partial charge in [0.15, 0.2) is 0 Å². The minimum Gasteiger partial charge on any atom is -0.480 e. The smallest absolute Gasteiger partial charge is 0.323 e. The fourth-order valence-corrected chi connectivity index (χ4v) is 1.15. The van der Waals surface area contributed by atoms with E-state index in [0.717, 1.165) is 6.42 Å². The van der Waals surface area contributed by atoms with Crippen LogP contribution in [0.25, 0.3) is 0 Å². The molecule has 0 saturated heterocycles. The third-order valence-electron chi connectivity index (χ3n) is 1.96. The van der Waals surface area contributed by atoms with Crippen molar-refractivity contribution in [3.8, 4) is 0 Å². The molecule has 1 amide bonds. The topological polar surface area (TPSA) is 60.9 Å². The van der Waals surface area contributed by atoms with Crippen molar-refractivity contribution in [3.63, 3.8) is 0 Å². The summed E-state index contributed by atoms with van der Waals surface area (Å²) < 4.78 is 0. The molecule has 88 valence electrons. The van der Waals surface area contributed by atoms with Gasteiger partial charge in [-0.05, 0) is 20.5 Å². The normalized spacial score (nSPS) is 10.4. The van der Waals surface area contributed by atoms with Crippen LogP contribution >= 0.6 is 0 Å². The molecule has 0 atom stereocenters. The summed E-state index contributed by atoms with van der Waals surface area (Å²) in [5, 5.41) is 8.66. The monoisotopic (exact) mass is 216 g/mol. The molecule has 0 aromatic carbocycles. The Labute approximate surface area is 90.7 Å². The minimum absolute atomic E-state index is 0.0817. The number of rotatable bonds is 7. The van der Waals surface area contributed by atoms with E-state index in [4.69, 9.17) is 5.11 Å². The lowest BCUT2D eigenvalue weighted by molar-refractivity contribution is -0.144. The van der Waals surface area contributed by atoms with Crippen molar-refractivity contribution in [1.82, 2.24) is 9.80 Å². The van der Waals surface area contributed by atoms with E-state index < -0.39 is 5.97 Å². The first-order valence-corrected chi connectivity index (χ1v) is 5.11. The van der Waals surface area contributed by atoms with E-state index in [9.17, 15) is 9.59 Å². The van der Waals surface area contributed by atoms with E-state index in [1.54, 1.807) is 0 Å². The minimum atomic E-state index is -0.960. The fourth-order valence-electron chi connectivity index (χ4n) is 1.15. The highest BCUT2D eigenvalue weighted by Crippen LogP contribution is 1.98. The molecule has 5 nitrogen and oxygen atoms in total. The summed E-state index contributed by atoms with van der Waals surface area (Å²) in [4.78, 5) is 25.4. The van der Waals surface area contributed by atoms with E-state index in [0.29, 0.717) is 19.5 Å². The van der Waals surface area contributed by atoms with Crippen LogP contribution in [0, 0.1) is 0 Å². The number of carbonyl (C=O) groups excluding carboxylic acids is 1. The van der Waals surface area contributed by atoms with Crippen molar-refractivity contribution in [2.24, 2.45) is 0 Å². The third-order valence-corrected chi connectivity index (χ3v) is 1.96. The maximum Gasteiger partial charge on any atom is 0.323 e. The zero-order valence-corrected chi connectivity index (χ0v) is 9.69. The second kappa shape index (κ2) is 7.23. The van der Waals surface area contributed by atoms with E-state index in [1.165, 1.54) is 4.90 Å². The Bertz CT molecular complexity index is 217. The average Bonchev–Trinajstić information content (AvgIpc) is 2.11. The van der Waals surface area contributed by atoms with E-state index >= 15 is 0 Å². The number of aliphatic carboxylic acids is 1. The van der Waals surface area contributed by atoms with Crippen LogP contribution in [0.4, 0.5) is 0 Å². The zero-order chi connectivity index (χ0) is 11.8. The summed E-state index contributed by atoms with van der Waals surface area (Å²) in [6.07, 6.45) is 1.16. The molecule has 0 bridgehead atoms. The average molecular weight is 216 g/mol. The van der Waals surface area contributed by atoms with Crippen LogP contribution < -0.4 is 0 Å². The second-order valence-corrected chi connectivity index (χ2v) is 3.76. The Hall–Kier alpha value is -1.10. The first-order chi connectivity index (χ1) is 6.97. The largest absolute Gasteiger partial charge is 0.480 e. The van der Waals surface area contributed by atoms with Gasteiger partial charge in [-0.15, -0.1) is 0 Å². The highest BCUT2D eigenvalue weighted by atomic mass is 16.4. The van der Waals surface area contributed by atoms with Crippen LogP contribution in [0.2, 0.25) is 0 Å². The van der Waals surface area contributed by atoms with Gasteiger partial charge in [0.2, 0.25) is 5.91 Å². The lowest BCUT2D eigenvalue weighted by Crippen LogP contribution is -2.39. The molecule has 0 aromatic rings. The maximum absolute atomic E-state index is 11.5. The molecule has 0 fully saturated rings. The first kappa shape index (κ1) is 13.9. The molecule has 0 aromatic heterocycles. The quantitative estimate of drug-likeness (QED) is 0.663. The highest BCUT2D eigenvalue weighted by Gasteiger charge is 2.15. The summed E-state index contributed by atoms with van der Waals surface area (Å²) in [6, 6.07) is 0. The summed E-state index contributed by atoms with van der Waals surface area (Å²) in [5.74, 6) is -1.04. The predicted octanol–water partition coefficient (Wildman–Crippen LogP) is 0.261. The molecule has 0 aliphatic carbocycles. The Morgan fingerprint density at radius 1 is 1.20 bits per heavy atom. The highest BCUT2D eigenvalue weighted by molar-refractivity contribution is 5.81. The Kier molecular flexibility index (Phi) is 6.70. The van der Waals surface area contributed by atoms with Crippen molar-refractivity contribution >= 4 is 11.9 Å². The molecule has 0 unspecified atom stereocenters. The molecule has 0 aliphatic heterocycles. The van der Waals surface area contributed by atoms with Gasteiger partial charge in [0.25, 0.3) is 0 Å². The van der Waals surface area contributed by atoms with Gasteiger partial charge in [-0.25, -0.2) is 0 Å². The van der Waals surface area contributed by atoms with Crippen LogP contribution in [0.3, 0.4) is 0 Å². The molecule has 15 heavy (non-hydrogen) atoms. The molecule has 0 aliphatic rings. The Balaban J connectivity index is 4.17. The van der Waals surface area contributed by atoms with E-state index in [2.05, 4.69) is 0 Å².